The molecular weight excluding hydrogens is 430 g/mol. The van der Waals surface area contributed by atoms with Crippen molar-refractivity contribution in [1.82, 2.24) is 4.90 Å². The van der Waals surface area contributed by atoms with E-state index in [1.807, 2.05) is 30.3 Å². The van der Waals surface area contributed by atoms with E-state index < -0.39 is 5.91 Å². The lowest BCUT2D eigenvalue weighted by molar-refractivity contribution is -0.132. The fourth-order valence-electron chi connectivity index (χ4n) is 3.74. The number of hydrogen-bond acceptors (Lipinski definition) is 5. The van der Waals surface area contributed by atoms with Crippen LogP contribution in [0.4, 0.5) is 5.69 Å². The van der Waals surface area contributed by atoms with Crippen molar-refractivity contribution >= 4 is 23.6 Å². The van der Waals surface area contributed by atoms with Gasteiger partial charge in [-0.05, 0) is 67.2 Å². The number of methoxy groups -OCH3 is 1. The van der Waals surface area contributed by atoms with E-state index in [4.69, 9.17) is 9.47 Å². The van der Waals surface area contributed by atoms with Gasteiger partial charge in [0.2, 0.25) is 0 Å². The molecule has 3 rings (SSSR count). The molecule has 1 fully saturated rings. The molecule has 2 aromatic carbocycles. The van der Waals surface area contributed by atoms with Gasteiger partial charge in [0.05, 0.1) is 7.11 Å². The Labute approximate surface area is 201 Å². The number of benzene rings is 2. The molecule has 1 aliphatic rings. The van der Waals surface area contributed by atoms with Gasteiger partial charge in [0, 0.05) is 18.8 Å². The molecule has 0 radical (unpaired) electrons. The van der Waals surface area contributed by atoms with Crippen LogP contribution >= 0.6 is 0 Å². The molecular formula is C27H31N3O4. The second kappa shape index (κ2) is 12.4. The third-order valence-electron chi connectivity index (χ3n) is 5.70. The van der Waals surface area contributed by atoms with E-state index in [2.05, 4.69) is 12.2 Å². The third-order valence-corrected chi connectivity index (χ3v) is 5.70. The van der Waals surface area contributed by atoms with Crippen LogP contribution in [-0.2, 0) is 16.0 Å². The highest BCUT2D eigenvalue weighted by atomic mass is 16.5. The van der Waals surface area contributed by atoms with Gasteiger partial charge in [-0.15, -0.1) is 0 Å². The minimum absolute atomic E-state index is 0.0324. The van der Waals surface area contributed by atoms with E-state index >= 15 is 0 Å². The fourth-order valence-corrected chi connectivity index (χ4v) is 3.74. The minimum Gasteiger partial charge on any atom is -0.493 e. The molecule has 1 saturated heterocycles. The Bertz CT molecular complexity index is 1060. The maximum Gasteiger partial charge on any atom is 0.266 e. The molecule has 178 valence electrons. The summed E-state index contributed by atoms with van der Waals surface area (Å²) < 4.78 is 11.1. The van der Waals surface area contributed by atoms with Crippen LogP contribution in [0, 0.1) is 11.3 Å². The largest absolute Gasteiger partial charge is 0.493 e. The summed E-state index contributed by atoms with van der Waals surface area (Å²) in [6.45, 7) is 3.63. The molecule has 0 aromatic heterocycles. The first-order valence-electron chi connectivity index (χ1n) is 11.6. The Kier molecular flexibility index (Phi) is 9.10. The number of ether oxygens (including phenoxy) is 2. The van der Waals surface area contributed by atoms with Crippen molar-refractivity contribution in [2.45, 2.75) is 39.0 Å². The monoisotopic (exact) mass is 461 g/mol. The second-order valence-corrected chi connectivity index (χ2v) is 8.21. The van der Waals surface area contributed by atoms with Crippen LogP contribution in [0.25, 0.3) is 6.08 Å². The minimum atomic E-state index is -0.487. The van der Waals surface area contributed by atoms with Crippen LogP contribution in [0.1, 0.15) is 43.7 Å². The van der Waals surface area contributed by atoms with Crippen LogP contribution in [0.2, 0.25) is 0 Å². The first-order valence-corrected chi connectivity index (χ1v) is 11.6. The summed E-state index contributed by atoms with van der Waals surface area (Å²) in [5, 5.41) is 12.3. The Morgan fingerprint density at radius 1 is 1.12 bits per heavy atom. The maximum atomic E-state index is 12.6. The summed E-state index contributed by atoms with van der Waals surface area (Å²) in [5.74, 6) is 0.311. The van der Waals surface area contributed by atoms with Crippen LogP contribution in [0.3, 0.4) is 0 Å². The van der Waals surface area contributed by atoms with E-state index in [9.17, 15) is 14.9 Å². The highest BCUT2D eigenvalue weighted by Crippen LogP contribution is 2.29. The number of carbonyl (C=O) groups is 2. The molecule has 7 nitrogen and oxygen atoms in total. The number of nitriles is 1. The molecule has 0 bridgehead atoms. The molecule has 0 spiro atoms. The predicted octanol–water partition coefficient (Wildman–Crippen LogP) is 4.58. The number of likely N-dealkylation sites (tertiary alicyclic amines) is 1. The van der Waals surface area contributed by atoms with Gasteiger partial charge in [-0.2, -0.15) is 5.26 Å². The first kappa shape index (κ1) is 24.8. The van der Waals surface area contributed by atoms with Gasteiger partial charge in [-0.1, -0.05) is 31.5 Å². The molecule has 1 N–H and O–H groups in total. The van der Waals surface area contributed by atoms with Gasteiger partial charge in [0.25, 0.3) is 11.8 Å². The lowest BCUT2D eigenvalue weighted by atomic mass is 10.1. The summed E-state index contributed by atoms with van der Waals surface area (Å²) in [6, 6.07) is 14.7. The molecule has 0 unspecified atom stereocenters. The first-order chi connectivity index (χ1) is 16.5. The van der Waals surface area contributed by atoms with E-state index in [1.54, 1.807) is 23.1 Å². The highest BCUT2D eigenvalue weighted by molar-refractivity contribution is 6.09. The lowest BCUT2D eigenvalue weighted by Crippen LogP contribution is -2.32. The van der Waals surface area contributed by atoms with Crippen molar-refractivity contribution in [3.05, 3.63) is 59.2 Å². The van der Waals surface area contributed by atoms with Crippen molar-refractivity contribution in [1.29, 1.82) is 5.26 Å². The van der Waals surface area contributed by atoms with E-state index in [0.717, 1.165) is 45.2 Å². The normalized spacial score (nSPS) is 13.3. The number of aryl methyl sites for hydroxylation is 1. The topological polar surface area (TPSA) is 91.7 Å². The highest BCUT2D eigenvalue weighted by Gasteiger charge is 2.19. The number of unbranched alkanes of at least 4 members (excludes halogenated alkanes) is 1. The molecule has 0 atom stereocenters. The summed E-state index contributed by atoms with van der Waals surface area (Å²) in [5.41, 5.74) is 2.43. The predicted molar refractivity (Wildman–Crippen MR) is 132 cm³/mol. The zero-order chi connectivity index (χ0) is 24.3. The van der Waals surface area contributed by atoms with Crippen LogP contribution in [0.5, 0.6) is 11.5 Å². The van der Waals surface area contributed by atoms with Gasteiger partial charge in [0.15, 0.2) is 18.1 Å². The summed E-state index contributed by atoms with van der Waals surface area (Å²) in [6.07, 6.45) is 6.79. The van der Waals surface area contributed by atoms with Crippen molar-refractivity contribution in [2.24, 2.45) is 0 Å². The number of nitrogens with one attached hydrogen (secondary N) is 1. The second-order valence-electron chi connectivity index (χ2n) is 8.21. The molecule has 34 heavy (non-hydrogen) atoms. The summed E-state index contributed by atoms with van der Waals surface area (Å²) >= 11 is 0. The van der Waals surface area contributed by atoms with E-state index in [-0.39, 0.29) is 18.1 Å². The van der Waals surface area contributed by atoms with Crippen molar-refractivity contribution in [3.8, 4) is 17.6 Å². The Morgan fingerprint density at radius 2 is 1.85 bits per heavy atom. The number of nitrogens with zero attached hydrogens (tertiary/aromatic N) is 2. The summed E-state index contributed by atoms with van der Waals surface area (Å²) in [7, 11) is 1.50. The Hall–Kier alpha value is -3.79. The molecule has 1 heterocycles. The standard InChI is InChI=1S/C27H31N3O4/c1-3-4-7-20-8-11-23(12-9-20)29-27(32)22(18-28)16-21-10-13-24(25(17-21)33-2)34-19-26(31)30-14-5-6-15-30/h8-13,16-17H,3-7,14-15,19H2,1-2H3,(H,29,32)/b22-16+. The Balaban J connectivity index is 1.65. The average molecular weight is 462 g/mol. The molecule has 0 saturated carbocycles. The fraction of sp³-hybridized carbons (Fsp3) is 0.370. The van der Waals surface area contributed by atoms with Crippen LogP contribution in [0.15, 0.2) is 48.0 Å². The zero-order valence-corrected chi connectivity index (χ0v) is 19.8. The Morgan fingerprint density at radius 3 is 2.50 bits per heavy atom. The average Bonchev–Trinajstić information content (AvgIpc) is 3.41. The third kappa shape index (κ3) is 6.85. The SMILES string of the molecule is CCCCc1ccc(NC(=O)/C(C#N)=C/c2ccc(OCC(=O)N3CCCC3)c(OC)c2)cc1. The van der Waals surface area contributed by atoms with E-state index in [0.29, 0.717) is 22.7 Å². The van der Waals surface area contributed by atoms with Gasteiger partial charge in [-0.25, -0.2) is 0 Å². The number of hydrogen-bond donors (Lipinski definition) is 1. The van der Waals surface area contributed by atoms with Crippen molar-refractivity contribution in [2.75, 3.05) is 32.1 Å². The van der Waals surface area contributed by atoms with Crippen molar-refractivity contribution < 1.29 is 19.1 Å². The number of rotatable bonds is 10. The molecule has 0 aliphatic carbocycles. The van der Waals surface area contributed by atoms with Gasteiger partial charge in [0.1, 0.15) is 11.6 Å². The van der Waals surface area contributed by atoms with Gasteiger partial charge >= 0.3 is 0 Å². The van der Waals surface area contributed by atoms with E-state index in [1.165, 1.54) is 18.7 Å². The van der Waals surface area contributed by atoms with Crippen LogP contribution in [-0.4, -0.2) is 43.5 Å². The smallest absolute Gasteiger partial charge is 0.266 e. The quantitative estimate of drug-likeness (QED) is 0.413. The lowest BCUT2D eigenvalue weighted by Gasteiger charge is -2.16. The molecule has 1 aliphatic heterocycles. The molecule has 2 aromatic rings. The summed E-state index contributed by atoms with van der Waals surface area (Å²) in [4.78, 5) is 26.7. The number of anilines is 1. The molecule has 7 heteroatoms. The zero-order valence-electron chi connectivity index (χ0n) is 19.8. The number of carbonyl (C=O) groups excluding carboxylic acids is 2. The van der Waals surface area contributed by atoms with Crippen LogP contribution < -0.4 is 14.8 Å². The van der Waals surface area contributed by atoms with Gasteiger partial charge in [-0.3, -0.25) is 9.59 Å². The maximum absolute atomic E-state index is 12.6. The van der Waals surface area contributed by atoms with Crippen molar-refractivity contribution in [3.63, 3.8) is 0 Å². The molecule has 2 amide bonds. The number of amides is 2. The van der Waals surface area contributed by atoms with Gasteiger partial charge < -0.3 is 19.7 Å².